The number of pyridine rings is 1. The van der Waals surface area contributed by atoms with E-state index in [0.717, 1.165) is 0 Å². The van der Waals surface area contributed by atoms with E-state index in [9.17, 15) is 13.6 Å². The highest BCUT2D eigenvalue weighted by atomic mass is 35.5. The number of hydrogen-bond donors (Lipinski definition) is 1. The van der Waals surface area contributed by atoms with Gasteiger partial charge in [-0.3, -0.25) is 4.79 Å². The number of carbonyl (C=O) groups excluding carboxylic acids is 1. The smallest absolute Gasteiger partial charge is 0.395 e. The molecule has 0 saturated carbocycles. The average molecular weight is 413 g/mol. The second-order valence-corrected chi connectivity index (χ2v) is 6.34. The third-order valence-corrected chi connectivity index (χ3v) is 4.43. The highest BCUT2D eigenvalue weighted by molar-refractivity contribution is 6.33. The number of halogens is 3. The van der Waals surface area contributed by atoms with E-state index in [0.29, 0.717) is 36.6 Å². The van der Waals surface area contributed by atoms with E-state index in [1.165, 1.54) is 18.3 Å². The maximum absolute atomic E-state index is 13.2. The summed E-state index contributed by atoms with van der Waals surface area (Å²) in [6.07, 6.45) is -1.54. The fraction of sp³-hybridized carbons (Fsp3) is 0.368. The minimum absolute atomic E-state index is 0.104. The van der Waals surface area contributed by atoms with Crippen LogP contribution in [0.3, 0.4) is 0 Å². The topological polar surface area (TPSA) is 69.7 Å². The van der Waals surface area contributed by atoms with Gasteiger partial charge in [-0.25, -0.2) is 4.98 Å². The quantitative estimate of drug-likeness (QED) is 0.789. The first kappa shape index (κ1) is 20.3. The Bertz CT molecular complexity index is 856. The van der Waals surface area contributed by atoms with Crippen molar-refractivity contribution in [3.05, 3.63) is 35.5 Å². The molecule has 1 atom stereocenters. The predicted molar refractivity (Wildman–Crippen MR) is 99.8 cm³/mol. The zero-order valence-corrected chi connectivity index (χ0v) is 16.1. The molecule has 1 aromatic carbocycles. The summed E-state index contributed by atoms with van der Waals surface area (Å²) in [5.41, 5.74) is 1.04. The number of nitrogens with zero attached hydrogens (tertiary/aromatic N) is 1. The van der Waals surface area contributed by atoms with Gasteiger partial charge in [-0.15, -0.1) is 8.78 Å². The fourth-order valence-electron chi connectivity index (χ4n) is 2.79. The maximum atomic E-state index is 13.2. The molecule has 1 aromatic heterocycles. The van der Waals surface area contributed by atoms with Crippen molar-refractivity contribution in [1.29, 1.82) is 0 Å². The Balaban J connectivity index is 0.00000109. The zero-order chi connectivity index (χ0) is 20.3. The molecule has 9 heteroatoms. The van der Waals surface area contributed by atoms with Crippen molar-refractivity contribution < 1.29 is 27.8 Å². The van der Waals surface area contributed by atoms with Crippen molar-refractivity contribution in [3.63, 3.8) is 0 Å². The molecule has 1 fully saturated rings. The van der Waals surface area contributed by atoms with Gasteiger partial charge in [0.15, 0.2) is 11.5 Å². The molecule has 6 nitrogen and oxygen atoms in total. The molecular weight excluding hydrogens is 394 g/mol. The number of alkyl halides is 2. The SMILES string of the molecule is CC.O=C(Nc1ccc(-c2cc3c(cc2Cl)OC(F)(F)O3)cn1)C1CCOC1. The highest BCUT2D eigenvalue weighted by Gasteiger charge is 2.43. The van der Waals surface area contributed by atoms with Crippen LogP contribution in [0.25, 0.3) is 11.1 Å². The van der Waals surface area contributed by atoms with Crippen molar-refractivity contribution in [3.8, 4) is 22.6 Å². The summed E-state index contributed by atoms with van der Waals surface area (Å²) in [6, 6.07) is 5.92. The van der Waals surface area contributed by atoms with Crippen molar-refractivity contribution in [2.75, 3.05) is 18.5 Å². The van der Waals surface area contributed by atoms with Crippen LogP contribution in [-0.2, 0) is 9.53 Å². The van der Waals surface area contributed by atoms with E-state index in [4.69, 9.17) is 16.3 Å². The Hall–Kier alpha value is -2.45. The number of fused-ring (bicyclic) bond motifs is 1. The van der Waals surface area contributed by atoms with Crippen molar-refractivity contribution in [1.82, 2.24) is 4.98 Å². The third kappa shape index (κ3) is 4.34. The molecule has 3 heterocycles. The van der Waals surface area contributed by atoms with Gasteiger partial charge in [0.05, 0.1) is 17.5 Å². The van der Waals surface area contributed by atoms with Gasteiger partial charge in [-0.2, -0.15) is 0 Å². The van der Waals surface area contributed by atoms with Gasteiger partial charge in [-0.1, -0.05) is 25.4 Å². The standard InChI is InChI=1S/C17H13ClF2N2O4.C2H6/c18-12-6-14-13(25-17(19,20)26-14)5-11(12)9-1-2-15(21-7-9)22-16(23)10-3-4-24-8-10;1-2/h1-2,5-7,10H,3-4,8H2,(H,21,22,23);1-2H3. The molecule has 0 aliphatic carbocycles. The number of benzene rings is 1. The van der Waals surface area contributed by atoms with Gasteiger partial charge in [-0.05, 0) is 24.6 Å². The molecule has 1 N–H and O–H groups in total. The molecule has 1 amide bonds. The molecule has 0 radical (unpaired) electrons. The average Bonchev–Trinajstić information content (AvgIpc) is 3.30. The van der Waals surface area contributed by atoms with Crippen LogP contribution in [0, 0.1) is 5.92 Å². The first-order chi connectivity index (χ1) is 13.4. The number of hydrogen-bond acceptors (Lipinski definition) is 5. The second-order valence-electron chi connectivity index (χ2n) is 5.93. The van der Waals surface area contributed by atoms with Crippen LogP contribution in [0.2, 0.25) is 5.02 Å². The lowest BCUT2D eigenvalue weighted by atomic mass is 10.1. The van der Waals surface area contributed by atoms with Crippen molar-refractivity contribution >= 4 is 23.3 Å². The number of amides is 1. The van der Waals surface area contributed by atoms with E-state index in [-0.39, 0.29) is 28.3 Å². The minimum atomic E-state index is -3.71. The molecule has 2 aliphatic rings. The van der Waals surface area contributed by atoms with Gasteiger partial charge in [0, 0.05) is 30.0 Å². The summed E-state index contributed by atoms with van der Waals surface area (Å²) in [5.74, 6) is -0.172. The van der Waals surface area contributed by atoms with Crippen LogP contribution in [0.1, 0.15) is 20.3 Å². The third-order valence-electron chi connectivity index (χ3n) is 4.12. The Labute approximate surface area is 165 Å². The Kier molecular flexibility index (Phi) is 6.00. The molecule has 0 spiro atoms. The lowest BCUT2D eigenvalue weighted by Crippen LogP contribution is -2.25. The van der Waals surface area contributed by atoms with Crippen LogP contribution in [0.15, 0.2) is 30.5 Å². The minimum Gasteiger partial charge on any atom is -0.395 e. The zero-order valence-electron chi connectivity index (χ0n) is 15.3. The van der Waals surface area contributed by atoms with E-state index in [1.807, 2.05) is 13.8 Å². The highest BCUT2D eigenvalue weighted by Crippen LogP contribution is 2.45. The maximum Gasteiger partial charge on any atom is 0.586 e. The monoisotopic (exact) mass is 412 g/mol. The van der Waals surface area contributed by atoms with E-state index in [1.54, 1.807) is 12.1 Å². The number of rotatable bonds is 3. The Morgan fingerprint density at radius 1 is 1.25 bits per heavy atom. The molecule has 28 heavy (non-hydrogen) atoms. The van der Waals surface area contributed by atoms with Gasteiger partial charge in [0.25, 0.3) is 0 Å². The largest absolute Gasteiger partial charge is 0.586 e. The number of anilines is 1. The summed E-state index contributed by atoms with van der Waals surface area (Å²) in [7, 11) is 0. The van der Waals surface area contributed by atoms with E-state index >= 15 is 0 Å². The first-order valence-corrected chi connectivity index (χ1v) is 9.23. The first-order valence-electron chi connectivity index (χ1n) is 8.86. The Morgan fingerprint density at radius 2 is 1.96 bits per heavy atom. The van der Waals surface area contributed by atoms with Crippen LogP contribution >= 0.6 is 11.6 Å². The van der Waals surface area contributed by atoms with Crippen molar-refractivity contribution in [2.45, 2.75) is 26.6 Å². The summed E-state index contributed by atoms with van der Waals surface area (Å²) in [4.78, 5) is 16.2. The van der Waals surface area contributed by atoms with E-state index in [2.05, 4.69) is 19.8 Å². The lowest BCUT2D eigenvalue weighted by molar-refractivity contribution is -0.286. The molecular formula is C19H19ClF2N2O4. The van der Waals surface area contributed by atoms with Crippen molar-refractivity contribution in [2.24, 2.45) is 5.92 Å². The second kappa shape index (κ2) is 8.28. The fourth-order valence-corrected chi connectivity index (χ4v) is 3.05. The predicted octanol–water partition coefficient (Wildman–Crippen LogP) is 4.72. The van der Waals surface area contributed by atoms with Crippen LogP contribution in [-0.4, -0.2) is 30.4 Å². The summed E-state index contributed by atoms with van der Waals surface area (Å²) in [5, 5.41) is 2.94. The molecule has 2 aromatic rings. The number of nitrogens with one attached hydrogen (secondary N) is 1. The van der Waals surface area contributed by atoms with Gasteiger partial charge in [0.1, 0.15) is 5.82 Å². The Morgan fingerprint density at radius 3 is 2.57 bits per heavy atom. The van der Waals surface area contributed by atoms with Crippen LogP contribution in [0.4, 0.5) is 14.6 Å². The van der Waals surface area contributed by atoms with Gasteiger partial charge < -0.3 is 19.5 Å². The summed E-state index contributed by atoms with van der Waals surface area (Å²) < 4.78 is 40.3. The molecule has 150 valence electrons. The normalized spacial score (nSPS) is 19.0. The molecule has 4 rings (SSSR count). The van der Waals surface area contributed by atoms with Crippen LogP contribution in [0.5, 0.6) is 11.5 Å². The number of ether oxygens (including phenoxy) is 3. The van der Waals surface area contributed by atoms with Crippen LogP contribution < -0.4 is 14.8 Å². The molecule has 0 bridgehead atoms. The van der Waals surface area contributed by atoms with E-state index < -0.39 is 6.29 Å². The number of aromatic nitrogens is 1. The summed E-state index contributed by atoms with van der Waals surface area (Å²) in [6.45, 7) is 4.98. The molecule has 2 aliphatic heterocycles. The van der Waals surface area contributed by atoms with Gasteiger partial charge >= 0.3 is 6.29 Å². The molecule has 1 unspecified atom stereocenters. The molecule has 1 saturated heterocycles. The number of carbonyl (C=O) groups is 1. The lowest BCUT2D eigenvalue weighted by Gasteiger charge is -2.10. The summed E-state index contributed by atoms with van der Waals surface area (Å²) >= 11 is 6.15. The van der Waals surface area contributed by atoms with Gasteiger partial charge in [0.2, 0.25) is 5.91 Å².